The molecule has 0 aromatic heterocycles. The molecule has 0 aliphatic heterocycles. The van der Waals surface area contributed by atoms with Gasteiger partial charge in [-0.15, -0.1) is 0 Å². The fourth-order valence-corrected chi connectivity index (χ4v) is 0. The molecule has 0 aromatic rings. The van der Waals surface area contributed by atoms with Gasteiger partial charge in [-0.05, 0) is 0 Å². The monoisotopic (exact) mass is 234 g/mol. The van der Waals surface area contributed by atoms with Crippen molar-refractivity contribution in [2.45, 2.75) is 0 Å². The smallest absolute Gasteiger partial charge is 1.00 e. The summed E-state index contributed by atoms with van der Waals surface area (Å²) in [6.07, 6.45) is 0. The first-order valence-corrected chi connectivity index (χ1v) is 2.19. The van der Waals surface area contributed by atoms with E-state index in [1.165, 1.54) is 0 Å². The molecule has 0 saturated carbocycles. The van der Waals surface area contributed by atoms with Crippen molar-refractivity contribution in [3.63, 3.8) is 0 Å². The van der Waals surface area contributed by atoms with Crippen LogP contribution in [0.4, 0.5) is 0 Å². The predicted molar refractivity (Wildman–Crippen MR) is 13.4 cm³/mol. The first-order chi connectivity index (χ1) is 2.00. The van der Waals surface area contributed by atoms with Crippen LogP contribution in [0.3, 0.4) is 0 Å². The second kappa shape index (κ2) is 9.28. The Morgan fingerprint density at radius 1 is 1.12 bits per heavy atom. The van der Waals surface area contributed by atoms with Crippen molar-refractivity contribution in [1.29, 1.82) is 0 Å². The first-order valence-electron chi connectivity index (χ1n) is 0.730. The van der Waals surface area contributed by atoms with E-state index in [2.05, 4.69) is 0 Å². The maximum atomic E-state index is 8.55. The molecule has 0 bridgehead atoms. The van der Waals surface area contributed by atoms with Gasteiger partial charge in [0.25, 0.3) is 0 Å². The van der Waals surface area contributed by atoms with E-state index < -0.39 is 7.82 Å². The maximum Gasteiger partial charge on any atom is 2.00 e. The van der Waals surface area contributed by atoms with Gasteiger partial charge in [0.15, 0.2) is 0 Å². The third kappa shape index (κ3) is 84.3. The quantitative estimate of drug-likeness (QED) is 0.309. The molecular formula is CaClO4PZn. The van der Waals surface area contributed by atoms with E-state index in [0.29, 0.717) is 0 Å². The molecule has 0 N–H and O–H groups in total. The Kier molecular flexibility index (Phi) is 26.0. The van der Waals surface area contributed by atoms with Gasteiger partial charge in [0.2, 0.25) is 0 Å². The largest absolute Gasteiger partial charge is 2.00 e. The van der Waals surface area contributed by atoms with Crippen LogP contribution in [0.15, 0.2) is 0 Å². The predicted octanol–water partition coefficient (Wildman–Crippen LogP) is -6.20. The van der Waals surface area contributed by atoms with Crippen LogP contribution in [0.1, 0.15) is 0 Å². The topological polar surface area (TPSA) is 86.2 Å². The van der Waals surface area contributed by atoms with Gasteiger partial charge in [0, 0.05) is 0 Å². The van der Waals surface area contributed by atoms with Crippen LogP contribution < -0.4 is 27.1 Å². The summed E-state index contributed by atoms with van der Waals surface area (Å²) < 4.78 is 8.55. The Morgan fingerprint density at radius 3 is 1.12 bits per heavy atom. The second-order valence-corrected chi connectivity index (χ2v) is 1.34. The molecule has 40 valence electrons. The molecule has 0 unspecified atom stereocenters. The Balaban J connectivity index is -0.0000000267. The van der Waals surface area contributed by atoms with E-state index in [4.69, 9.17) is 19.2 Å². The molecule has 0 radical (unpaired) electrons. The molecule has 0 heterocycles. The van der Waals surface area contributed by atoms with Crippen molar-refractivity contribution in [3.8, 4) is 0 Å². The van der Waals surface area contributed by atoms with Crippen molar-refractivity contribution in [2.24, 2.45) is 0 Å². The zero-order chi connectivity index (χ0) is 4.50. The van der Waals surface area contributed by atoms with Crippen LogP contribution in [0.25, 0.3) is 0 Å². The van der Waals surface area contributed by atoms with Crippen molar-refractivity contribution in [1.82, 2.24) is 0 Å². The molecule has 0 rings (SSSR count). The maximum absolute atomic E-state index is 8.55. The summed E-state index contributed by atoms with van der Waals surface area (Å²) >= 11 is 0. The van der Waals surface area contributed by atoms with Crippen molar-refractivity contribution in [3.05, 3.63) is 0 Å². The molecule has 0 atom stereocenters. The average molecular weight is 236 g/mol. The third-order valence-corrected chi connectivity index (χ3v) is 0. The van der Waals surface area contributed by atoms with E-state index in [1.807, 2.05) is 0 Å². The van der Waals surface area contributed by atoms with Gasteiger partial charge in [-0.25, -0.2) is 0 Å². The number of halogens is 1. The summed E-state index contributed by atoms with van der Waals surface area (Å²) in [5, 5.41) is 0. The minimum atomic E-state index is -5.39. The Labute approximate surface area is 95.5 Å². The molecule has 0 amide bonds. The number of rotatable bonds is 0. The van der Waals surface area contributed by atoms with Crippen molar-refractivity contribution >= 4 is 45.6 Å². The zero-order valence-corrected chi connectivity index (χ0v) is 10.7. The minimum Gasteiger partial charge on any atom is -1.00 e. The summed E-state index contributed by atoms with van der Waals surface area (Å²) in [5.74, 6) is 0. The summed E-state index contributed by atoms with van der Waals surface area (Å²) in [6, 6.07) is 0. The second-order valence-electron chi connectivity index (χ2n) is 0.447. The van der Waals surface area contributed by atoms with Gasteiger partial charge in [-0.3, -0.25) is 0 Å². The van der Waals surface area contributed by atoms with Gasteiger partial charge in [0.1, 0.15) is 0 Å². The van der Waals surface area contributed by atoms with Crippen LogP contribution >= 0.6 is 7.82 Å². The van der Waals surface area contributed by atoms with Crippen LogP contribution in [0.5, 0.6) is 0 Å². The summed E-state index contributed by atoms with van der Waals surface area (Å²) in [4.78, 5) is 25.6. The first kappa shape index (κ1) is 22.4. The molecule has 0 aliphatic rings. The fraction of sp³-hybridized carbons (Fsp3) is 0. The Bertz CT molecular complexity index is 62.2. The van der Waals surface area contributed by atoms with Gasteiger partial charge in [0.05, 0.1) is 0 Å². The van der Waals surface area contributed by atoms with Crippen molar-refractivity contribution < 1.29 is 51.1 Å². The molecule has 0 fully saturated rings. The number of hydrogen-bond donors (Lipinski definition) is 0. The van der Waals surface area contributed by atoms with Gasteiger partial charge in [-0.1, -0.05) is 0 Å². The minimum absolute atomic E-state index is 0. The van der Waals surface area contributed by atoms with E-state index >= 15 is 0 Å². The molecule has 8 heavy (non-hydrogen) atoms. The van der Waals surface area contributed by atoms with Gasteiger partial charge < -0.3 is 31.7 Å². The number of phosphoric acid groups is 1. The summed E-state index contributed by atoms with van der Waals surface area (Å²) in [5.41, 5.74) is 0. The number of hydrogen-bond acceptors (Lipinski definition) is 4. The van der Waals surface area contributed by atoms with Crippen molar-refractivity contribution in [2.75, 3.05) is 0 Å². The fourth-order valence-electron chi connectivity index (χ4n) is 0. The van der Waals surface area contributed by atoms with Gasteiger partial charge >= 0.3 is 57.2 Å². The van der Waals surface area contributed by atoms with Crippen LogP contribution in [0, 0.1) is 0 Å². The SMILES string of the molecule is O=P([O-])([O-])[O-].[Ca+2].[Cl-].[Zn+2]. The summed E-state index contributed by atoms with van der Waals surface area (Å²) in [7, 11) is -5.39. The molecule has 0 saturated heterocycles. The standard InChI is InChI=1S/Ca.ClH.H3O4P.Zn/c;;1-5(2,3)4;/h;1H;(H3,1,2,3,4);/q+2;;;+2/p-4. The molecular weight excluding hydrogens is 236 g/mol. The van der Waals surface area contributed by atoms with E-state index in [-0.39, 0.29) is 69.6 Å². The Morgan fingerprint density at radius 2 is 1.12 bits per heavy atom. The summed E-state index contributed by atoms with van der Waals surface area (Å²) in [6.45, 7) is 0. The third-order valence-electron chi connectivity index (χ3n) is 0. The zero-order valence-electron chi connectivity index (χ0n) is 3.87. The molecule has 0 aromatic carbocycles. The van der Waals surface area contributed by atoms with E-state index in [9.17, 15) is 0 Å². The van der Waals surface area contributed by atoms with Crippen LogP contribution in [-0.2, 0) is 24.0 Å². The molecule has 0 spiro atoms. The average Bonchev–Trinajstić information content (AvgIpc) is 0.722. The molecule has 0 aliphatic carbocycles. The normalized spacial score (nSPS) is 7.38. The van der Waals surface area contributed by atoms with E-state index in [0.717, 1.165) is 0 Å². The van der Waals surface area contributed by atoms with Gasteiger partial charge in [-0.2, -0.15) is 7.82 Å². The van der Waals surface area contributed by atoms with Crippen LogP contribution in [0.2, 0.25) is 0 Å². The molecule has 4 nitrogen and oxygen atoms in total. The van der Waals surface area contributed by atoms with E-state index in [1.54, 1.807) is 0 Å². The van der Waals surface area contributed by atoms with Crippen LogP contribution in [-0.4, -0.2) is 37.7 Å². The molecule has 8 heteroatoms. The Hall–Kier alpha value is 2.28.